The Morgan fingerprint density at radius 1 is 1.33 bits per heavy atom. The monoisotopic (exact) mass is 248 g/mol. The van der Waals surface area contributed by atoms with E-state index in [2.05, 4.69) is 35.3 Å². The largest absolute Gasteiger partial charge is 0.390 e. The molecule has 0 aliphatic carbocycles. The molecular formula is C15H24N2O. The maximum atomic E-state index is 9.99. The van der Waals surface area contributed by atoms with Gasteiger partial charge in [-0.3, -0.25) is 0 Å². The topological polar surface area (TPSA) is 35.5 Å². The third-order valence-electron chi connectivity index (χ3n) is 3.82. The molecule has 0 bridgehead atoms. The summed E-state index contributed by atoms with van der Waals surface area (Å²) in [5.74, 6) is 0. The zero-order valence-electron chi connectivity index (χ0n) is 11.7. The summed E-state index contributed by atoms with van der Waals surface area (Å²) in [6, 6.07) is 6.65. The van der Waals surface area contributed by atoms with Crippen molar-refractivity contribution in [1.29, 1.82) is 0 Å². The minimum absolute atomic E-state index is 0.476. The van der Waals surface area contributed by atoms with Gasteiger partial charge in [0.1, 0.15) is 0 Å². The van der Waals surface area contributed by atoms with Crippen molar-refractivity contribution in [2.45, 2.75) is 38.8 Å². The molecule has 0 spiro atoms. The van der Waals surface area contributed by atoms with Gasteiger partial charge < -0.3 is 15.3 Å². The fourth-order valence-corrected chi connectivity index (χ4v) is 2.62. The third-order valence-corrected chi connectivity index (χ3v) is 3.82. The molecule has 0 amide bonds. The Labute approximate surface area is 110 Å². The van der Waals surface area contributed by atoms with Gasteiger partial charge >= 0.3 is 0 Å². The molecule has 0 saturated carbocycles. The first-order valence-electron chi connectivity index (χ1n) is 6.73. The molecule has 1 aromatic rings. The molecule has 3 heteroatoms. The predicted octanol–water partition coefficient (Wildman–Crippen LogP) is 2.07. The Bertz CT molecular complexity index is 405. The Hall–Kier alpha value is -1.06. The summed E-state index contributed by atoms with van der Waals surface area (Å²) in [4.78, 5) is 2.39. The molecule has 1 fully saturated rings. The highest BCUT2D eigenvalue weighted by molar-refractivity contribution is 5.54. The van der Waals surface area contributed by atoms with E-state index in [9.17, 15) is 5.11 Å². The zero-order chi connectivity index (χ0) is 13.2. The molecule has 1 aromatic carbocycles. The van der Waals surface area contributed by atoms with E-state index in [1.54, 1.807) is 0 Å². The van der Waals surface area contributed by atoms with E-state index in [1.165, 1.54) is 16.8 Å². The van der Waals surface area contributed by atoms with Crippen molar-refractivity contribution >= 4 is 5.69 Å². The molecule has 1 aliphatic heterocycles. The highest BCUT2D eigenvalue weighted by Gasteiger charge is 2.27. The van der Waals surface area contributed by atoms with E-state index < -0.39 is 5.60 Å². The minimum Gasteiger partial charge on any atom is -0.390 e. The summed E-state index contributed by atoms with van der Waals surface area (Å²) >= 11 is 0. The number of benzene rings is 1. The summed E-state index contributed by atoms with van der Waals surface area (Å²) < 4.78 is 0. The van der Waals surface area contributed by atoms with Gasteiger partial charge in [-0.15, -0.1) is 0 Å². The lowest BCUT2D eigenvalue weighted by Gasteiger charge is -2.37. The van der Waals surface area contributed by atoms with Gasteiger partial charge in [-0.05, 0) is 50.9 Å². The molecule has 0 radical (unpaired) electrons. The molecule has 2 N–H and O–H groups in total. The van der Waals surface area contributed by atoms with Crippen molar-refractivity contribution in [3.63, 3.8) is 0 Å². The van der Waals surface area contributed by atoms with E-state index in [4.69, 9.17) is 0 Å². The molecule has 100 valence electrons. The average molecular weight is 248 g/mol. The Morgan fingerprint density at radius 2 is 2.00 bits per heavy atom. The number of nitrogens with one attached hydrogen (secondary N) is 1. The van der Waals surface area contributed by atoms with Crippen LogP contribution in [0.5, 0.6) is 0 Å². The Morgan fingerprint density at radius 3 is 2.56 bits per heavy atom. The van der Waals surface area contributed by atoms with Crippen molar-refractivity contribution in [1.82, 2.24) is 5.32 Å². The normalized spacial score (nSPS) is 19.0. The Kier molecular flexibility index (Phi) is 3.93. The van der Waals surface area contributed by atoms with Gasteiger partial charge in [0.2, 0.25) is 0 Å². The van der Waals surface area contributed by atoms with Gasteiger partial charge in [0.15, 0.2) is 0 Å². The number of piperidine rings is 1. The molecule has 0 atom stereocenters. The summed E-state index contributed by atoms with van der Waals surface area (Å²) in [5, 5.41) is 13.2. The van der Waals surface area contributed by atoms with Crippen LogP contribution in [0.4, 0.5) is 5.69 Å². The second-order valence-corrected chi connectivity index (χ2v) is 5.64. The van der Waals surface area contributed by atoms with E-state index >= 15 is 0 Å². The fourth-order valence-electron chi connectivity index (χ4n) is 2.62. The van der Waals surface area contributed by atoms with Gasteiger partial charge in [-0.2, -0.15) is 0 Å². The first-order valence-corrected chi connectivity index (χ1v) is 6.73. The summed E-state index contributed by atoms with van der Waals surface area (Å²) in [6.07, 6.45) is 1.70. The SMILES string of the molecule is CNCc1ccc(N2CCC(C)(O)CC2)c(C)c1. The number of hydrogen-bond acceptors (Lipinski definition) is 3. The highest BCUT2D eigenvalue weighted by atomic mass is 16.3. The van der Waals surface area contributed by atoms with Crippen molar-refractivity contribution in [2.75, 3.05) is 25.0 Å². The quantitative estimate of drug-likeness (QED) is 0.859. The van der Waals surface area contributed by atoms with Gasteiger partial charge in [-0.25, -0.2) is 0 Å². The second-order valence-electron chi connectivity index (χ2n) is 5.64. The zero-order valence-corrected chi connectivity index (χ0v) is 11.7. The molecule has 18 heavy (non-hydrogen) atoms. The molecule has 1 heterocycles. The first-order chi connectivity index (χ1) is 8.52. The van der Waals surface area contributed by atoms with Crippen LogP contribution in [0, 0.1) is 6.92 Å². The van der Waals surface area contributed by atoms with Crippen LogP contribution in [-0.2, 0) is 6.54 Å². The smallest absolute Gasteiger partial charge is 0.0653 e. The number of hydrogen-bond donors (Lipinski definition) is 2. The lowest BCUT2D eigenvalue weighted by Crippen LogP contribution is -2.42. The van der Waals surface area contributed by atoms with Crippen LogP contribution in [0.2, 0.25) is 0 Å². The fraction of sp³-hybridized carbons (Fsp3) is 0.600. The van der Waals surface area contributed by atoms with Crippen LogP contribution < -0.4 is 10.2 Å². The van der Waals surface area contributed by atoms with Gasteiger partial charge in [-0.1, -0.05) is 12.1 Å². The Balaban J connectivity index is 2.10. The molecule has 3 nitrogen and oxygen atoms in total. The van der Waals surface area contributed by atoms with Gasteiger partial charge in [0.25, 0.3) is 0 Å². The van der Waals surface area contributed by atoms with Crippen LogP contribution >= 0.6 is 0 Å². The maximum Gasteiger partial charge on any atom is 0.0653 e. The number of aryl methyl sites for hydroxylation is 1. The molecule has 2 rings (SSSR count). The molecule has 1 aliphatic rings. The maximum absolute atomic E-state index is 9.99. The van der Waals surface area contributed by atoms with Crippen LogP contribution in [0.25, 0.3) is 0 Å². The second kappa shape index (κ2) is 5.29. The van der Waals surface area contributed by atoms with E-state index in [0.717, 1.165) is 32.5 Å². The van der Waals surface area contributed by atoms with E-state index in [1.807, 2.05) is 14.0 Å². The third kappa shape index (κ3) is 3.03. The van der Waals surface area contributed by atoms with Crippen molar-refractivity contribution < 1.29 is 5.11 Å². The van der Waals surface area contributed by atoms with Crippen LogP contribution in [0.15, 0.2) is 18.2 Å². The van der Waals surface area contributed by atoms with E-state index in [0.29, 0.717) is 0 Å². The summed E-state index contributed by atoms with van der Waals surface area (Å²) in [7, 11) is 1.97. The average Bonchev–Trinajstić information content (AvgIpc) is 2.31. The van der Waals surface area contributed by atoms with Crippen molar-refractivity contribution in [3.8, 4) is 0 Å². The van der Waals surface area contributed by atoms with Crippen LogP contribution in [0.1, 0.15) is 30.9 Å². The lowest BCUT2D eigenvalue weighted by molar-refractivity contribution is 0.0351. The molecule has 0 unspecified atom stereocenters. The standard InChI is InChI=1S/C15H24N2O/c1-12-10-13(11-16-3)4-5-14(12)17-8-6-15(2,18)7-9-17/h4-5,10,16,18H,6-9,11H2,1-3H3. The number of anilines is 1. The van der Waals surface area contributed by atoms with Crippen LogP contribution in [0.3, 0.4) is 0 Å². The van der Waals surface area contributed by atoms with Crippen molar-refractivity contribution in [3.05, 3.63) is 29.3 Å². The highest BCUT2D eigenvalue weighted by Crippen LogP contribution is 2.28. The molecule has 1 saturated heterocycles. The number of nitrogens with zero attached hydrogens (tertiary/aromatic N) is 1. The predicted molar refractivity (Wildman–Crippen MR) is 76.0 cm³/mol. The van der Waals surface area contributed by atoms with Gasteiger partial charge in [0.05, 0.1) is 5.60 Å². The lowest BCUT2D eigenvalue weighted by atomic mass is 9.93. The minimum atomic E-state index is -0.476. The van der Waals surface area contributed by atoms with Crippen molar-refractivity contribution in [2.24, 2.45) is 0 Å². The van der Waals surface area contributed by atoms with Gasteiger partial charge in [0, 0.05) is 25.3 Å². The summed E-state index contributed by atoms with van der Waals surface area (Å²) in [5.41, 5.74) is 3.48. The first kappa shape index (κ1) is 13.4. The van der Waals surface area contributed by atoms with E-state index in [-0.39, 0.29) is 0 Å². The number of aliphatic hydroxyl groups is 1. The number of rotatable bonds is 3. The molecule has 0 aromatic heterocycles. The summed E-state index contributed by atoms with van der Waals surface area (Å²) in [6.45, 7) is 6.91. The van der Waals surface area contributed by atoms with Crippen LogP contribution in [-0.4, -0.2) is 30.8 Å². The molecular weight excluding hydrogens is 224 g/mol.